The van der Waals surface area contributed by atoms with Gasteiger partial charge in [0.25, 0.3) is 5.91 Å². The Bertz CT molecular complexity index is 667. The summed E-state index contributed by atoms with van der Waals surface area (Å²) in [4.78, 5) is 17.0. The third-order valence-corrected chi connectivity index (χ3v) is 4.39. The van der Waals surface area contributed by atoms with Gasteiger partial charge < -0.3 is 14.2 Å². The minimum absolute atomic E-state index is 0.0251. The maximum Gasteiger partial charge on any atom is 0.289 e. The second-order valence-electron chi connectivity index (χ2n) is 5.78. The number of aryl methyl sites for hydroxylation is 2. The van der Waals surface area contributed by atoms with Gasteiger partial charge in [0.05, 0.1) is 0 Å². The summed E-state index contributed by atoms with van der Waals surface area (Å²) in [7, 11) is 0. The Labute approximate surface area is 125 Å². The van der Waals surface area contributed by atoms with Crippen molar-refractivity contribution in [1.82, 2.24) is 9.80 Å². The number of fused-ring (bicyclic) bond motifs is 1. The van der Waals surface area contributed by atoms with Crippen molar-refractivity contribution in [2.45, 2.75) is 20.8 Å². The van der Waals surface area contributed by atoms with Gasteiger partial charge in [0.2, 0.25) is 0 Å². The van der Waals surface area contributed by atoms with E-state index in [1.807, 2.05) is 24.0 Å². The quantitative estimate of drug-likeness (QED) is 0.852. The van der Waals surface area contributed by atoms with Crippen LogP contribution in [0, 0.1) is 13.8 Å². The number of carbonyl (C=O) groups is 1. The second-order valence-corrected chi connectivity index (χ2v) is 5.78. The molecular weight excluding hydrogens is 264 g/mol. The number of likely N-dealkylation sites (N-methyl/N-ethyl adjacent to an activating group) is 1. The summed E-state index contributed by atoms with van der Waals surface area (Å²) >= 11 is 0. The van der Waals surface area contributed by atoms with Gasteiger partial charge in [0.1, 0.15) is 5.58 Å². The van der Waals surface area contributed by atoms with Gasteiger partial charge in [0.15, 0.2) is 5.76 Å². The van der Waals surface area contributed by atoms with Crippen LogP contribution in [-0.2, 0) is 0 Å². The standard InChI is InChI=1S/C17H22N2O2/c1-4-18-7-9-19(10-8-18)17(20)16-13(3)14-11-12(2)5-6-15(14)21-16/h5-6,11H,4,7-10H2,1-3H3. The van der Waals surface area contributed by atoms with Crippen molar-refractivity contribution in [2.24, 2.45) is 0 Å². The second kappa shape index (κ2) is 5.53. The summed E-state index contributed by atoms with van der Waals surface area (Å²) in [5.41, 5.74) is 2.94. The molecule has 3 rings (SSSR count). The summed E-state index contributed by atoms with van der Waals surface area (Å²) in [6, 6.07) is 6.04. The van der Waals surface area contributed by atoms with Gasteiger partial charge >= 0.3 is 0 Å². The summed E-state index contributed by atoms with van der Waals surface area (Å²) in [6.07, 6.45) is 0. The van der Waals surface area contributed by atoms with Gasteiger partial charge in [-0.25, -0.2) is 0 Å². The van der Waals surface area contributed by atoms with Crippen LogP contribution in [0.3, 0.4) is 0 Å². The van der Waals surface area contributed by atoms with E-state index >= 15 is 0 Å². The fourth-order valence-corrected chi connectivity index (χ4v) is 2.95. The number of rotatable bonds is 2. The molecule has 2 aromatic rings. The van der Waals surface area contributed by atoms with Crippen LogP contribution in [0.4, 0.5) is 0 Å². The molecule has 0 unspecified atom stereocenters. The van der Waals surface area contributed by atoms with E-state index in [0.717, 1.165) is 49.3 Å². The smallest absolute Gasteiger partial charge is 0.289 e. The Kier molecular flexibility index (Phi) is 3.72. The van der Waals surface area contributed by atoms with Crippen LogP contribution in [0.2, 0.25) is 0 Å². The molecule has 0 saturated carbocycles. The van der Waals surface area contributed by atoms with E-state index in [0.29, 0.717) is 5.76 Å². The first-order valence-corrected chi connectivity index (χ1v) is 7.61. The number of hydrogen-bond acceptors (Lipinski definition) is 3. The highest BCUT2D eigenvalue weighted by atomic mass is 16.3. The maximum absolute atomic E-state index is 12.7. The van der Waals surface area contributed by atoms with Crippen molar-refractivity contribution in [2.75, 3.05) is 32.7 Å². The lowest BCUT2D eigenvalue weighted by Gasteiger charge is -2.33. The summed E-state index contributed by atoms with van der Waals surface area (Å²) < 4.78 is 5.82. The van der Waals surface area contributed by atoms with Crippen LogP contribution >= 0.6 is 0 Å². The lowest BCUT2D eigenvalue weighted by atomic mass is 10.1. The van der Waals surface area contributed by atoms with E-state index < -0.39 is 0 Å². The number of furan rings is 1. The molecule has 0 N–H and O–H groups in total. The normalized spacial score (nSPS) is 16.6. The van der Waals surface area contributed by atoms with E-state index in [9.17, 15) is 4.79 Å². The molecule has 1 aliphatic rings. The molecule has 1 aliphatic heterocycles. The summed E-state index contributed by atoms with van der Waals surface area (Å²) in [5, 5.41) is 1.05. The maximum atomic E-state index is 12.7. The molecular formula is C17H22N2O2. The lowest BCUT2D eigenvalue weighted by Crippen LogP contribution is -2.48. The van der Waals surface area contributed by atoms with Crippen molar-refractivity contribution in [3.05, 3.63) is 35.1 Å². The zero-order valence-corrected chi connectivity index (χ0v) is 13.0. The Morgan fingerprint density at radius 1 is 1.19 bits per heavy atom. The molecule has 4 heteroatoms. The number of nitrogens with zero attached hydrogens (tertiary/aromatic N) is 2. The largest absolute Gasteiger partial charge is 0.451 e. The molecule has 21 heavy (non-hydrogen) atoms. The molecule has 1 fully saturated rings. The zero-order valence-electron chi connectivity index (χ0n) is 13.0. The predicted molar refractivity (Wildman–Crippen MR) is 83.7 cm³/mol. The Morgan fingerprint density at radius 2 is 1.90 bits per heavy atom. The van der Waals surface area contributed by atoms with Crippen LogP contribution in [0.25, 0.3) is 11.0 Å². The van der Waals surface area contributed by atoms with Crippen molar-refractivity contribution in [1.29, 1.82) is 0 Å². The molecule has 1 aromatic heterocycles. The Hall–Kier alpha value is -1.81. The first-order chi connectivity index (χ1) is 10.1. The SMILES string of the molecule is CCN1CCN(C(=O)c2oc3ccc(C)cc3c2C)CC1. The number of amides is 1. The number of piperazine rings is 1. The fraction of sp³-hybridized carbons (Fsp3) is 0.471. The topological polar surface area (TPSA) is 36.7 Å². The van der Waals surface area contributed by atoms with E-state index in [1.54, 1.807) is 0 Å². The van der Waals surface area contributed by atoms with E-state index in [-0.39, 0.29) is 5.91 Å². The average molecular weight is 286 g/mol. The molecule has 1 saturated heterocycles. The molecule has 2 heterocycles. The van der Waals surface area contributed by atoms with Crippen LogP contribution in [0.1, 0.15) is 28.6 Å². The minimum Gasteiger partial charge on any atom is -0.451 e. The van der Waals surface area contributed by atoms with Gasteiger partial charge in [-0.2, -0.15) is 0 Å². The van der Waals surface area contributed by atoms with Crippen LogP contribution in [-0.4, -0.2) is 48.4 Å². The first-order valence-electron chi connectivity index (χ1n) is 7.61. The van der Waals surface area contributed by atoms with E-state index in [1.165, 1.54) is 5.56 Å². The Morgan fingerprint density at radius 3 is 2.57 bits per heavy atom. The first kappa shape index (κ1) is 14.1. The molecule has 0 bridgehead atoms. The van der Waals surface area contributed by atoms with E-state index in [2.05, 4.69) is 24.8 Å². The zero-order chi connectivity index (χ0) is 15.0. The predicted octanol–water partition coefficient (Wildman–Crippen LogP) is 2.83. The van der Waals surface area contributed by atoms with E-state index in [4.69, 9.17) is 4.42 Å². The third-order valence-electron chi connectivity index (χ3n) is 4.39. The Balaban J connectivity index is 1.87. The van der Waals surface area contributed by atoms with Crippen molar-refractivity contribution >= 4 is 16.9 Å². The van der Waals surface area contributed by atoms with Gasteiger partial charge in [-0.1, -0.05) is 18.6 Å². The fourth-order valence-electron chi connectivity index (χ4n) is 2.95. The van der Waals surface area contributed by atoms with Crippen molar-refractivity contribution < 1.29 is 9.21 Å². The highest BCUT2D eigenvalue weighted by Gasteiger charge is 2.26. The molecule has 112 valence electrons. The molecule has 0 spiro atoms. The number of hydrogen-bond donors (Lipinski definition) is 0. The molecule has 0 radical (unpaired) electrons. The summed E-state index contributed by atoms with van der Waals surface area (Å²) in [6.45, 7) is 10.7. The summed E-state index contributed by atoms with van der Waals surface area (Å²) in [5.74, 6) is 0.526. The lowest BCUT2D eigenvalue weighted by molar-refractivity contribution is 0.0613. The van der Waals surface area contributed by atoms with Crippen LogP contribution in [0.15, 0.2) is 22.6 Å². The highest BCUT2D eigenvalue weighted by molar-refractivity contribution is 5.99. The van der Waals surface area contributed by atoms with Crippen molar-refractivity contribution in [3.63, 3.8) is 0 Å². The molecule has 1 aromatic carbocycles. The minimum atomic E-state index is 0.0251. The number of carbonyl (C=O) groups excluding carboxylic acids is 1. The van der Waals surface area contributed by atoms with Gasteiger partial charge in [0, 0.05) is 37.1 Å². The molecule has 0 aliphatic carbocycles. The van der Waals surface area contributed by atoms with Crippen LogP contribution < -0.4 is 0 Å². The number of benzene rings is 1. The molecule has 0 atom stereocenters. The van der Waals surface area contributed by atoms with Crippen LogP contribution in [0.5, 0.6) is 0 Å². The highest BCUT2D eigenvalue weighted by Crippen LogP contribution is 2.27. The van der Waals surface area contributed by atoms with Gasteiger partial charge in [-0.05, 0) is 32.5 Å². The molecule has 1 amide bonds. The van der Waals surface area contributed by atoms with Gasteiger partial charge in [-0.3, -0.25) is 4.79 Å². The van der Waals surface area contributed by atoms with Gasteiger partial charge in [-0.15, -0.1) is 0 Å². The van der Waals surface area contributed by atoms with Crippen molar-refractivity contribution in [3.8, 4) is 0 Å². The monoisotopic (exact) mass is 286 g/mol. The third kappa shape index (κ3) is 2.56. The average Bonchev–Trinajstić information content (AvgIpc) is 2.83. The molecule has 4 nitrogen and oxygen atoms in total.